The molecule has 0 saturated carbocycles. The lowest BCUT2D eigenvalue weighted by Gasteiger charge is -2.14. The van der Waals surface area contributed by atoms with Crippen molar-refractivity contribution in [2.75, 3.05) is 18.4 Å². The van der Waals surface area contributed by atoms with Gasteiger partial charge in [0.1, 0.15) is 11.6 Å². The molecule has 1 aliphatic rings. The maximum Gasteiger partial charge on any atom is 0.136 e. The fourth-order valence-electron chi connectivity index (χ4n) is 2.86. The molecule has 1 saturated heterocycles. The number of nitrogens with one attached hydrogen (secondary N) is 3. The lowest BCUT2D eigenvalue weighted by atomic mass is 10.1. The number of H-pyrrole nitrogens is 1. The van der Waals surface area contributed by atoms with E-state index in [0.717, 1.165) is 41.6 Å². The minimum Gasteiger partial charge on any atom is -0.365 e. The highest BCUT2D eigenvalue weighted by molar-refractivity contribution is 6.08. The van der Waals surface area contributed by atoms with Crippen LogP contribution < -0.4 is 10.6 Å². The van der Waals surface area contributed by atoms with Gasteiger partial charge >= 0.3 is 0 Å². The van der Waals surface area contributed by atoms with Crippen LogP contribution in [0.4, 0.5) is 10.2 Å². The number of anilines is 1. The van der Waals surface area contributed by atoms with Gasteiger partial charge < -0.3 is 15.6 Å². The Hall–Kier alpha value is -2.14. The Balaban J connectivity index is 1.90. The Morgan fingerprint density at radius 2 is 2.20 bits per heavy atom. The molecule has 1 unspecified atom stereocenters. The first-order valence-electron chi connectivity index (χ1n) is 6.85. The predicted octanol–water partition coefficient (Wildman–Crippen LogP) is 2.63. The normalized spacial score (nSPS) is 18.9. The average molecular weight is 270 g/mol. The minimum absolute atomic E-state index is 0.260. The molecule has 20 heavy (non-hydrogen) atoms. The number of fused-ring (bicyclic) bond motifs is 3. The molecular formula is C15H15FN4. The smallest absolute Gasteiger partial charge is 0.136 e. The first-order valence-corrected chi connectivity index (χ1v) is 6.85. The Morgan fingerprint density at radius 3 is 3.05 bits per heavy atom. The van der Waals surface area contributed by atoms with Crippen molar-refractivity contribution < 1.29 is 4.39 Å². The highest BCUT2D eigenvalue weighted by Crippen LogP contribution is 2.29. The molecule has 1 aliphatic heterocycles. The molecule has 3 N–H and O–H groups in total. The van der Waals surface area contributed by atoms with Gasteiger partial charge in [0, 0.05) is 35.6 Å². The summed E-state index contributed by atoms with van der Waals surface area (Å²) in [6.07, 6.45) is 2.97. The summed E-state index contributed by atoms with van der Waals surface area (Å²) in [4.78, 5) is 7.83. The van der Waals surface area contributed by atoms with Gasteiger partial charge in [-0.25, -0.2) is 9.37 Å². The number of rotatable bonds is 2. The summed E-state index contributed by atoms with van der Waals surface area (Å²) in [7, 11) is 0. The van der Waals surface area contributed by atoms with Gasteiger partial charge in [0.25, 0.3) is 0 Å². The van der Waals surface area contributed by atoms with Crippen LogP contribution in [-0.4, -0.2) is 29.1 Å². The summed E-state index contributed by atoms with van der Waals surface area (Å²) in [6.45, 7) is 1.96. The zero-order valence-corrected chi connectivity index (χ0v) is 10.9. The molecule has 4 rings (SSSR count). The Bertz CT molecular complexity index is 774. The van der Waals surface area contributed by atoms with Crippen molar-refractivity contribution >= 4 is 27.6 Å². The molecule has 4 nitrogen and oxygen atoms in total. The largest absolute Gasteiger partial charge is 0.365 e. The van der Waals surface area contributed by atoms with Crippen molar-refractivity contribution in [1.82, 2.24) is 15.3 Å². The third kappa shape index (κ3) is 1.82. The molecule has 0 aliphatic carbocycles. The second-order valence-corrected chi connectivity index (χ2v) is 5.22. The van der Waals surface area contributed by atoms with E-state index in [1.807, 2.05) is 12.3 Å². The first kappa shape index (κ1) is 11.7. The summed E-state index contributed by atoms with van der Waals surface area (Å²) in [5.74, 6) is 0.567. The Labute approximate surface area is 115 Å². The fraction of sp³-hybridized carbons (Fsp3) is 0.267. The van der Waals surface area contributed by atoms with Gasteiger partial charge in [-0.2, -0.15) is 0 Å². The van der Waals surface area contributed by atoms with Crippen molar-refractivity contribution in [3.8, 4) is 0 Å². The van der Waals surface area contributed by atoms with E-state index < -0.39 is 0 Å². The van der Waals surface area contributed by atoms with Crippen LogP contribution in [0.15, 0.2) is 30.5 Å². The van der Waals surface area contributed by atoms with Crippen LogP contribution >= 0.6 is 0 Å². The van der Waals surface area contributed by atoms with Crippen molar-refractivity contribution in [2.24, 2.45) is 0 Å². The molecule has 1 atom stereocenters. The van der Waals surface area contributed by atoms with Crippen LogP contribution in [0.2, 0.25) is 0 Å². The van der Waals surface area contributed by atoms with Crippen LogP contribution in [0.3, 0.4) is 0 Å². The maximum absolute atomic E-state index is 13.4. The summed E-state index contributed by atoms with van der Waals surface area (Å²) >= 11 is 0. The van der Waals surface area contributed by atoms with E-state index in [1.54, 1.807) is 6.07 Å². The summed E-state index contributed by atoms with van der Waals surface area (Å²) in [5.41, 5.74) is 1.68. The van der Waals surface area contributed by atoms with E-state index in [4.69, 9.17) is 0 Å². The second kappa shape index (κ2) is 4.45. The first-order chi connectivity index (χ1) is 9.81. The highest BCUT2D eigenvalue weighted by atomic mass is 19.1. The minimum atomic E-state index is -0.260. The summed E-state index contributed by atoms with van der Waals surface area (Å²) in [6, 6.07) is 7.12. The van der Waals surface area contributed by atoms with E-state index >= 15 is 0 Å². The van der Waals surface area contributed by atoms with Gasteiger partial charge in [-0.1, -0.05) is 0 Å². The number of hydrogen-bond acceptors (Lipinski definition) is 3. The van der Waals surface area contributed by atoms with Gasteiger partial charge in [-0.15, -0.1) is 0 Å². The van der Waals surface area contributed by atoms with Crippen LogP contribution in [0.1, 0.15) is 6.42 Å². The van der Waals surface area contributed by atoms with Crippen LogP contribution in [0, 0.1) is 5.82 Å². The molecule has 0 bridgehead atoms. The van der Waals surface area contributed by atoms with Crippen molar-refractivity contribution in [3.05, 3.63) is 36.3 Å². The molecule has 0 radical (unpaired) electrons. The Kier molecular flexibility index (Phi) is 2.60. The molecule has 1 aromatic carbocycles. The van der Waals surface area contributed by atoms with Crippen LogP contribution in [-0.2, 0) is 0 Å². The van der Waals surface area contributed by atoms with E-state index in [-0.39, 0.29) is 5.82 Å². The van der Waals surface area contributed by atoms with Gasteiger partial charge in [0.05, 0.1) is 11.0 Å². The second-order valence-electron chi connectivity index (χ2n) is 5.22. The van der Waals surface area contributed by atoms with Gasteiger partial charge in [0.2, 0.25) is 0 Å². The van der Waals surface area contributed by atoms with E-state index in [0.29, 0.717) is 11.6 Å². The zero-order valence-electron chi connectivity index (χ0n) is 10.9. The summed E-state index contributed by atoms with van der Waals surface area (Å²) < 4.78 is 13.4. The number of hydrogen-bond donors (Lipinski definition) is 3. The molecule has 0 amide bonds. The third-order valence-corrected chi connectivity index (χ3v) is 3.86. The molecule has 3 aromatic rings. The molecule has 3 heterocycles. The van der Waals surface area contributed by atoms with Crippen molar-refractivity contribution in [2.45, 2.75) is 12.5 Å². The zero-order chi connectivity index (χ0) is 13.5. The number of nitrogens with zero attached hydrogens (tertiary/aromatic N) is 1. The molecule has 102 valence electrons. The van der Waals surface area contributed by atoms with Gasteiger partial charge in [0.15, 0.2) is 0 Å². The topological polar surface area (TPSA) is 52.7 Å². The van der Waals surface area contributed by atoms with Crippen molar-refractivity contribution in [1.29, 1.82) is 0 Å². The van der Waals surface area contributed by atoms with E-state index in [1.165, 1.54) is 12.1 Å². The van der Waals surface area contributed by atoms with Gasteiger partial charge in [-0.3, -0.25) is 0 Å². The molecule has 2 aromatic heterocycles. The predicted molar refractivity (Wildman–Crippen MR) is 78.5 cm³/mol. The average Bonchev–Trinajstić information content (AvgIpc) is 3.08. The quantitative estimate of drug-likeness (QED) is 0.671. The Morgan fingerprint density at radius 1 is 1.25 bits per heavy atom. The molecular weight excluding hydrogens is 255 g/mol. The SMILES string of the molecule is Fc1ccc2c(c1)nc(NC1CCNC1)c1cc[nH]c12. The summed E-state index contributed by atoms with van der Waals surface area (Å²) in [5, 5.41) is 8.79. The van der Waals surface area contributed by atoms with Crippen LogP contribution in [0.5, 0.6) is 0 Å². The van der Waals surface area contributed by atoms with E-state index in [9.17, 15) is 4.39 Å². The monoisotopic (exact) mass is 270 g/mol. The van der Waals surface area contributed by atoms with E-state index in [2.05, 4.69) is 20.6 Å². The standard InChI is InChI=1S/C15H15FN4/c16-9-1-2-11-13(7-9)20-15(12-4-6-18-14(11)12)19-10-3-5-17-8-10/h1-2,4,6-7,10,17-18H,3,5,8H2,(H,19,20). The molecule has 5 heteroatoms. The number of benzene rings is 1. The lowest BCUT2D eigenvalue weighted by molar-refractivity contribution is 0.629. The van der Waals surface area contributed by atoms with Crippen LogP contribution in [0.25, 0.3) is 21.8 Å². The molecule has 1 fully saturated rings. The number of aromatic amines is 1. The lowest BCUT2D eigenvalue weighted by Crippen LogP contribution is -2.22. The maximum atomic E-state index is 13.4. The fourth-order valence-corrected chi connectivity index (χ4v) is 2.86. The number of aromatic nitrogens is 2. The number of halogens is 1. The highest BCUT2D eigenvalue weighted by Gasteiger charge is 2.17. The van der Waals surface area contributed by atoms with Gasteiger partial charge in [-0.05, 0) is 31.2 Å². The molecule has 0 spiro atoms. The van der Waals surface area contributed by atoms with Crippen molar-refractivity contribution in [3.63, 3.8) is 0 Å². The third-order valence-electron chi connectivity index (χ3n) is 3.86. The number of pyridine rings is 1.